The van der Waals surface area contributed by atoms with E-state index in [0.717, 1.165) is 23.4 Å². The SMILES string of the molecule is CCN[C@H](C)CNC(=O)C(C)Oc1cc(C)ccc1C(C)C. The first-order valence-corrected chi connectivity index (χ1v) is 8.13. The van der Waals surface area contributed by atoms with Crippen LogP contribution in [0.15, 0.2) is 18.2 Å². The van der Waals surface area contributed by atoms with Gasteiger partial charge < -0.3 is 15.4 Å². The number of amides is 1. The Hall–Kier alpha value is -1.55. The fraction of sp³-hybridized carbons (Fsp3) is 0.611. The smallest absolute Gasteiger partial charge is 0.260 e. The standard InChI is InChI=1S/C18H30N2O2/c1-7-19-14(5)11-20-18(21)15(6)22-17-10-13(4)8-9-16(17)12(2)3/h8-10,12,14-15,19H,7,11H2,1-6H3,(H,20,21)/t14-,15?/m1/s1. The summed E-state index contributed by atoms with van der Waals surface area (Å²) >= 11 is 0. The van der Waals surface area contributed by atoms with Gasteiger partial charge in [-0.1, -0.05) is 32.9 Å². The summed E-state index contributed by atoms with van der Waals surface area (Å²) in [6.07, 6.45) is -0.506. The van der Waals surface area contributed by atoms with Gasteiger partial charge in [0.2, 0.25) is 0 Å². The summed E-state index contributed by atoms with van der Waals surface area (Å²) in [6, 6.07) is 6.41. The summed E-state index contributed by atoms with van der Waals surface area (Å²) in [4.78, 5) is 12.2. The van der Waals surface area contributed by atoms with Gasteiger partial charge in [0.1, 0.15) is 5.75 Å². The van der Waals surface area contributed by atoms with Gasteiger partial charge >= 0.3 is 0 Å². The molecule has 1 unspecified atom stereocenters. The number of ether oxygens (including phenoxy) is 1. The van der Waals surface area contributed by atoms with Crippen molar-refractivity contribution in [3.8, 4) is 5.75 Å². The zero-order valence-electron chi connectivity index (χ0n) is 14.7. The summed E-state index contributed by atoms with van der Waals surface area (Å²) in [6.45, 7) is 13.7. The average Bonchev–Trinajstić information content (AvgIpc) is 2.44. The molecule has 1 rings (SSSR count). The Morgan fingerprint density at radius 3 is 2.50 bits per heavy atom. The molecule has 1 amide bonds. The lowest BCUT2D eigenvalue weighted by atomic mass is 10.0. The Morgan fingerprint density at radius 1 is 1.23 bits per heavy atom. The normalized spacial score (nSPS) is 13.8. The van der Waals surface area contributed by atoms with Gasteiger partial charge in [-0.05, 0) is 50.4 Å². The van der Waals surface area contributed by atoms with E-state index >= 15 is 0 Å². The van der Waals surface area contributed by atoms with Gasteiger partial charge in [-0.25, -0.2) is 0 Å². The summed E-state index contributed by atoms with van der Waals surface area (Å²) < 4.78 is 5.91. The van der Waals surface area contributed by atoms with E-state index in [2.05, 4.69) is 43.5 Å². The van der Waals surface area contributed by atoms with Gasteiger partial charge in [0, 0.05) is 12.6 Å². The molecule has 0 aliphatic carbocycles. The van der Waals surface area contributed by atoms with Crippen molar-refractivity contribution >= 4 is 5.91 Å². The maximum atomic E-state index is 12.2. The third kappa shape index (κ3) is 5.68. The van der Waals surface area contributed by atoms with E-state index in [0.29, 0.717) is 12.5 Å². The molecule has 2 atom stereocenters. The van der Waals surface area contributed by atoms with Crippen LogP contribution in [0.1, 0.15) is 51.7 Å². The lowest BCUT2D eigenvalue weighted by Crippen LogP contribution is -2.43. The van der Waals surface area contributed by atoms with Gasteiger partial charge in [0.15, 0.2) is 6.10 Å². The molecular weight excluding hydrogens is 276 g/mol. The van der Waals surface area contributed by atoms with Crippen LogP contribution in [0.5, 0.6) is 5.75 Å². The number of carbonyl (C=O) groups excluding carboxylic acids is 1. The second kappa shape index (κ2) is 8.79. The number of nitrogens with one attached hydrogen (secondary N) is 2. The largest absolute Gasteiger partial charge is 0.481 e. The highest BCUT2D eigenvalue weighted by Crippen LogP contribution is 2.28. The number of hydrogen-bond acceptors (Lipinski definition) is 3. The van der Waals surface area contributed by atoms with Gasteiger partial charge in [-0.2, -0.15) is 0 Å². The molecule has 0 saturated carbocycles. The van der Waals surface area contributed by atoms with Crippen LogP contribution in [0.4, 0.5) is 0 Å². The van der Waals surface area contributed by atoms with Crippen LogP contribution in [0.25, 0.3) is 0 Å². The fourth-order valence-corrected chi connectivity index (χ4v) is 2.28. The van der Waals surface area contributed by atoms with Crippen LogP contribution in [0.3, 0.4) is 0 Å². The molecule has 4 heteroatoms. The number of aryl methyl sites for hydroxylation is 1. The first-order valence-electron chi connectivity index (χ1n) is 8.13. The highest BCUT2D eigenvalue weighted by Gasteiger charge is 2.17. The van der Waals surface area contributed by atoms with E-state index in [1.54, 1.807) is 6.92 Å². The highest BCUT2D eigenvalue weighted by molar-refractivity contribution is 5.80. The number of likely N-dealkylation sites (N-methyl/N-ethyl adjacent to an activating group) is 1. The fourth-order valence-electron chi connectivity index (χ4n) is 2.28. The van der Waals surface area contributed by atoms with Gasteiger partial charge in [-0.3, -0.25) is 4.79 Å². The second-order valence-electron chi connectivity index (χ2n) is 6.16. The lowest BCUT2D eigenvalue weighted by Gasteiger charge is -2.20. The van der Waals surface area contributed by atoms with Gasteiger partial charge in [-0.15, -0.1) is 0 Å². The molecule has 0 aromatic heterocycles. The molecule has 1 aromatic rings. The molecule has 1 aromatic carbocycles. The second-order valence-corrected chi connectivity index (χ2v) is 6.16. The van der Waals surface area contributed by atoms with E-state index < -0.39 is 6.10 Å². The highest BCUT2D eigenvalue weighted by atomic mass is 16.5. The van der Waals surface area contributed by atoms with Crippen molar-refractivity contribution in [2.24, 2.45) is 0 Å². The Balaban J connectivity index is 2.66. The van der Waals surface area contributed by atoms with Crippen LogP contribution in [0.2, 0.25) is 0 Å². The Bertz CT molecular complexity index is 486. The van der Waals surface area contributed by atoms with Crippen LogP contribution in [-0.4, -0.2) is 31.1 Å². The maximum Gasteiger partial charge on any atom is 0.260 e. The first-order chi connectivity index (χ1) is 10.3. The maximum absolute atomic E-state index is 12.2. The average molecular weight is 306 g/mol. The van der Waals surface area contributed by atoms with E-state index in [-0.39, 0.29) is 11.9 Å². The lowest BCUT2D eigenvalue weighted by molar-refractivity contribution is -0.127. The Morgan fingerprint density at radius 2 is 1.91 bits per heavy atom. The van der Waals surface area contributed by atoms with Crippen LogP contribution >= 0.6 is 0 Å². The van der Waals surface area contributed by atoms with Crippen molar-refractivity contribution in [3.63, 3.8) is 0 Å². The van der Waals surface area contributed by atoms with Crippen molar-refractivity contribution < 1.29 is 9.53 Å². The van der Waals surface area contributed by atoms with Crippen molar-refractivity contribution in [1.29, 1.82) is 0 Å². The van der Waals surface area contributed by atoms with E-state index in [4.69, 9.17) is 4.74 Å². The molecule has 0 radical (unpaired) electrons. The third-order valence-corrected chi connectivity index (χ3v) is 3.60. The first kappa shape index (κ1) is 18.5. The molecule has 0 saturated heterocycles. The monoisotopic (exact) mass is 306 g/mol. The summed E-state index contributed by atoms with van der Waals surface area (Å²) in [5, 5.41) is 6.19. The minimum Gasteiger partial charge on any atom is -0.481 e. The number of hydrogen-bond donors (Lipinski definition) is 2. The minimum absolute atomic E-state index is 0.0824. The van der Waals surface area contributed by atoms with Crippen LogP contribution < -0.4 is 15.4 Å². The third-order valence-electron chi connectivity index (χ3n) is 3.60. The molecule has 0 spiro atoms. The van der Waals surface area contributed by atoms with Crippen LogP contribution in [0, 0.1) is 6.92 Å². The van der Waals surface area contributed by atoms with Crippen molar-refractivity contribution in [2.45, 2.75) is 59.6 Å². The number of carbonyl (C=O) groups is 1. The van der Waals surface area contributed by atoms with E-state index in [9.17, 15) is 4.79 Å². The molecule has 0 fully saturated rings. The van der Waals surface area contributed by atoms with Crippen LogP contribution in [-0.2, 0) is 4.79 Å². The molecule has 0 aliphatic rings. The predicted molar refractivity (Wildman–Crippen MR) is 91.5 cm³/mol. The molecule has 0 aliphatic heterocycles. The molecule has 4 nitrogen and oxygen atoms in total. The molecule has 2 N–H and O–H groups in total. The zero-order valence-corrected chi connectivity index (χ0v) is 14.7. The Kier molecular flexibility index (Phi) is 7.39. The molecule has 0 bridgehead atoms. The van der Waals surface area contributed by atoms with E-state index in [1.807, 2.05) is 19.9 Å². The molecule has 0 heterocycles. The summed E-state index contributed by atoms with van der Waals surface area (Å²) in [7, 11) is 0. The number of rotatable bonds is 8. The van der Waals surface area contributed by atoms with Gasteiger partial charge in [0.05, 0.1) is 0 Å². The van der Waals surface area contributed by atoms with Crippen molar-refractivity contribution in [1.82, 2.24) is 10.6 Å². The number of benzene rings is 1. The van der Waals surface area contributed by atoms with Gasteiger partial charge in [0.25, 0.3) is 5.91 Å². The minimum atomic E-state index is -0.506. The summed E-state index contributed by atoms with van der Waals surface area (Å²) in [5.74, 6) is 1.08. The molecular formula is C18H30N2O2. The predicted octanol–water partition coefficient (Wildman–Crippen LogP) is 3.00. The zero-order chi connectivity index (χ0) is 16.7. The Labute approximate surface area is 134 Å². The summed E-state index contributed by atoms with van der Waals surface area (Å²) in [5.41, 5.74) is 2.26. The topological polar surface area (TPSA) is 50.4 Å². The van der Waals surface area contributed by atoms with Crippen molar-refractivity contribution in [3.05, 3.63) is 29.3 Å². The van der Waals surface area contributed by atoms with Crippen molar-refractivity contribution in [2.75, 3.05) is 13.1 Å². The quantitative estimate of drug-likeness (QED) is 0.776. The molecule has 124 valence electrons. The molecule has 22 heavy (non-hydrogen) atoms. The van der Waals surface area contributed by atoms with E-state index in [1.165, 1.54) is 0 Å².